The predicted octanol–water partition coefficient (Wildman–Crippen LogP) is 0.291. The molecule has 0 spiro atoms. The maximum absolute atomic E-state index is 11.6. The molecular weight excluding hydrogens is 152 g/mol. The quantitative estimate of drug-likeness (QED) is 0.596. The van der Waals surface area contributed by atoms with Gasteiger partial charge in [-0.1, -0.05) is 20.3 Å². The van der Waals surface area contributed by atoms with Gasteiger partial charge < -0.3 is 11.1 Å². The van der Waals surface area contributed by atoms with Crippen LogP contribution in [0.15, 0.2) is 0 Å². The van der Waals surface area contributed by atoms with Crippen molar-refractivity contribution in [3.63, 3.8) is 0 Å². The molecule has 0 radical (unpaired) electrons. The Morgan fingerprint density at radius 2 is 2.25 bits per heavy atom. The Labute approximate surface area is 73.7 Å². The van der Waals surface area contributed by atoms with Gasteiger partial charge in [0.1, 0.15) is 0 Å². The first-order valence-electron chi connectivity index (χ1n) is 4.56. The molecule has 0 aromatic carbocycles. The van der Waals surface area contributed by atoms with Crippen molar-refractivity contribution in [3.8, 4) is 0 Å². The zero-order valence-corrected chi connectivity index (χ0v) is 8.05. The molecule has 1 aliphatic rings. The SMILES string of the molecule is CCC(C)C(N)C(=O)[C@@]1(C)CN1. The monoisotopic (exact) mass is 170 g/mol. The molecular formula is C9H18N2O. The number of carbonyl (C=O) groups is 1. The molecule has 0 aliphatic carbocycles. The highest BCUT2D eigenvalue weighted by atomic mass is 16.1. The molecule has 1 heterocycles. The van der Waals surface area contributed by atoms with Crippen LogP contribution in [0.3, 0.4) is 0 Å². The molecule has 1 saturated heterocycles. The maximum atomic E-state index is 11.6. The topological polar surface area (TPSA) is 65.0 Å². The van der Waals surface area contributed by atoms with Gasteiger partial charge in [-0.05, 0) is 12.8 Å². The second kappa shape index (κ2) is 3.15. The molecule has 0 aromatic heterocycles. The van der Waals surface area contributed by atoms with E-state index in [-0.39, 0.29) is 23.3 Å². The van der Waals surface area contributed by atoms with Crippen LogP contribution in [0.1, 0.15) is 27.2 Å². The van der Waals surface area contributed by atoms with E-state index in [9.17, 15) is 4.79 Å². The van der Waals surface area contributed by atoms with E-state index in [1.165, 1.54) is 0 Å². The third-order valence-electron chi connectivity index (χ3n) is 2.81. The van der Waals surface area contributed by atoms with Crippen LogP contribution < -0.4 is 11.1 Å². The number of rotatable bonds is 4. The van der Waals surface area contributed by atoms with E-state index in [1.54, 1.807) is 0 Å². The average molecular weight is 170 g/mol. The van der Waals surface area contributed by atoms with Crippen molar-refractivity contribution >= 4 is 5.78 Å². The number of Topliss-reactive ketones (excluding diaryl/α,β-unsaturated/α-hetero) is 1. The van der Waals surface area contributed by atoms with Crippen molar-refractivity contribution in [1.82, 2.24) is 5.32 Å². The molecule has 2 unspecified atom stereocenters. The Morgan fingerprint density at radius 1 is 1.75 bits per heavy atom. The summed E-state index contributed by atoms with van der Waals surface area (Å²) >= 11 is 0. The second-order valence-corrected chi connectivity index (χ2v) is 3.96. The lowest BCUT2D eigenvalue weighted by molar-refractivity contribution is -0.123. The van der Waals surface area contributed by atoms with E-state index in [2.05, 4.69) is 12.2 Å². The molecule has 0 amide bonds. The zero-order chi connectivity index (χ0) is 9.35. The van der Waals surface area contributed by atoms with E-state index in [0.29, 0.717) is 0 Å². The first-order valence-corrected chi connectivity index (χ1v) is 4.56. The molecule has 1 aliphatic heterocycles. The Bertz CT molecular complexity index is 187. The minimum atomic E-state index is -0.303. The van der Waals surface area contributed by atoms with Crippen LogP contribution in [0.4, 0.5) is 0 Å². The van der Waals surface area contributed by atoms with Crippen molar-refractivity contribution in [2.24, 2.45) is 11.7 Å². The van der Waals surface area contributed by atoms with Crippen molar-refractivity contribution in [2.75, 3.05) is 6.54 Å². The first-order chi connectivity index (χ1) is 5.51. The highest BCUT2D eigenvalue weighted by molar-refractivity contribution is 5.95. The molecule has 1 rings (SSSR count). The molecule has 0 aromatic rings. The summed E-state index contributed by atoms with van der Waals surface area (Å²) < 4.78 is 0. The smallest absolute Gasteiger partial charge is 0.170 e. The zero-order valence-electron chi connectivity index (χ0n) is 8.05. The number of nitrogens with two attached hydrogens (primary N) is 1. The fraction of sp³-hybridized carbons (Fsp3) is 0.889. The van der Waals surface area contributed by atoms with Crippen LogP contribution in [0, 0.1) is 5.92 Å². The van der Waals surface area contributed by atoms with E-state index in [0.717, 1.165) is 13.0 Å². The van der Waals surface area contributed by atoms with Crippen molar-refractivity contribution in [1.29, 1.82) is 0 Å². The first kappa shape index (κ1) is 9.68. The van der Waals surface area contributed by atoms with Crippen molar-refractivity contribution < 1.29 is 4.79 Å². The number of hydrogen-bond donors (Lipinski definition) is 2. The van der Waals surface area contributed by atoms with Crippen LogP contribution in [-0.4, -0.2) is 23.9 Å². The fourth-order valence-corrected chi connectivity index (χ4v) is 1.19. The third kappa shape index (κ3) is 1.67. The molecule has 1 fully saturated rings. The van der Waals surface area contributed by atoms with Gasteiger partial charge in [-0.2, -0.15) is 0 Å². The van der Waals surface area contributed by atoms with Crippen LogP contribution in [-0.2, 0) is 4.79 Å². The second-order valence-electron chi connectivity index (χ2n) is 3.96. The largest absolute Gasteiger partial charge is 0.321 e. The standard InChI is InChI=1S/C9H18N2O/c1-4-6(2)7(10)8(12)9(3)5-11-9/h6-7,11H,4-5,10H2,1-3H3/t6?,7?,9-/m1/s1. The Morgan fingerprint density at radius 3 is 2.58 bits per heavy atom. The van der Waals surface area contributed by atoms with Crippen LogP contribution in [0.2, 0.25) is 0 Å². The summed E-state index contributed by atoms with van der Waals surface area (Å²) in [7, 11) is 0. The number of nitrogens with one attached hydrogen (secondary N) is 1. The van der Waals surface area contributed by atoms with Gasteiger partial charge in [-0.3, -0.25) is 4.79 Å². The van der Waals surface area contributed by atoms with Gasteiger partial charge in [-0.15, -0.1) is 0 Å². The van der Waals surface area contributed by atoms with E-state index in [4.69, 9.17) is 5.73 Å². The van der Waals surface area contributed by atoms with Crippen LogP contribution >= 0.6 is 0 Å². The van der Waals surface area contributed by atoms with Gasteiger partial charge >= 0.3 is 0 Å². The van der Waals surface area contributed by atoms with E-state index < -0.39 is 0 Å². The van der Waals surface area contributed by atoms with E-state index >= 15 is 0 Å². The lowest BCUT2D eigenvalue weighted by atomic mass is 9.90. The number of carbonyl (C=O) groups excluding carboxylic acids is 1. The molecule has 3 atom stereocenters. The highest BCUT2D eigenvalue weighted by Crippen LogP contribution is 2.21. The normalized spacial score (nSPS) is 32.7. The lowest BCUT2D eigenvalue weighted by Crippen LogP contribution is -2.44. The van der Waals surface area contributed by atoms with Gasteiger partial charge in [0.15, 0.2) is 5.78 Å². The van der Waals surface area contributed by atoms with Crippen molar-refractivity contribution in [3.05, 3.63) is 0 Å². The van der Waals surface area contributed by atoms with Gasteiger partial charge in [0.05, 0.1) is 11.6 Å². The summed E-state index contributed by atoms with van der Waals surface area (Å²) in [5.41, 5.74) is 5.51. The summed E-state index contributed by atoms with van der Waals surface area (Å²) in [6, 6.07) is -0.296. The third-order valence-corrected chi connectivity index (χ3v) is 2.81. The van der Waals surface area contributed by atoms with E-state index in [1.807, 2.05) is 13.8 Å². The minimum Gasteiger partial charge on any atom is -0.321 e. The predicted molar refractivity (Wildman–Crippen MR) is 48.8 cm³/mol. The van der Waals surface area contributed by atoms with Crippen LogP contribution in [0.25, 0.3) is 0 Å². The van der Waals surface area contributed by atoms with Crippen LogP contribution in [0.5, 0.6) is 0 Å². The maximum Gasteiger partial charge on any atom is 0.170 e. The Kier molecular flexibility index (Phi) is 2.54. The van der Waals surface area contributed by atoms with Gasteiger partial charge in [0, 0.05) is 6.54 Å². The summed E-state index contributed by atoms with van der Waals surface area (Å²) in [5.74, 6) is 0.452. The highest BCUT2D eigenvalue weighted by Gasteiger charge is 2.46. The fourth-order valence-electron chi connectivity index (χ4n) is 1.19. The van der Waals surface area contributed by atoms with Gasteiger partial charge in [-0.25, -0.2) is 0 Å². The molecule has 70 valence electrons. The minimum absolute atomic E-state index is 0.164. The summed E-state index contributed by atoms with van der Waals surface area (Å²) in [4.78, 5) is 11.6. The Balaban J connectivity index is 2.52. The Hall–Kier alpha value is -0.410. The molecule has 3 heteroatoms. The molecule has 0 bridgehead atoms. The summed E-state index contributed by atoms with van der Waals surface area (Å²) in [6.45, 7) is 6.78. The van der Waals surface area contributed by atoms with Gasteiger partial charge in [0.25, 0.3) is 0 Å². The number of hydrogen-bond acceptors (Lipinski definition) is 3. The average Bonchev–Trinajstić information content (AvgIpc) is 2.81. The van der Waals surface area contributed by atoms with Gasteiger partial charge in [0.2, 0.25) is 0 Å². The molecule has 12 heavy (non-hydrogen) atoms. The molecule has 3 nitrogen and oxygen atoms in total. The lowest BCUT2D eigenvalue weighted by Gasteiger charge is -2.19. The molecule has 3 N–H and O–H groups in total. The summed E-state index contributed by atoms with van der Waals surface area (Å²) in [5, 5.41) is 3.04. The number of ketones is 1. The van der Waals surface area contributed by atoms with Crippen molar-refractivity contribution in [2.45, 2.75) is 38.8 Å². The summed E-state index contributed by atoms with van der Waals surface area (Å²) in [6.07, 6.45) is 0.961. The molecule has 0 saturated carbocycles.